The summed E-state index contributed by atoms with van der Waals surface area (Å²) in [6.45, 7) is 3.23. The highest BCUT2D eigenvalue weighted by Crippen LogP contribution is 2.47. The third-order valence-corrected chi connectivity index (χ3v) is 6.64. The van der Waals surface area contributed by atoms with Crippen LogP contribution in [0.2, 0.25) is 0 Å². The van der Waals surface area contributed by atoms with Crippen LogP contribution in [0.1, 0.15) is 31.4 Å². The number of pyridine rings is 1. The Balaban J connectivity index is 1.56. The molecule has 0 spiro atoms. The Morgan fingerprint density at radius 1 is 1.09 bits per heavy atom. The number of ether oxygens (including phenoxy) is 1. The fourth-order valence-corrected chi connectivity index (χ4v) is 4.94. The molecule has 0 amide bonds. The van der Waals surface area contributed by atoms with Crippen molar-refractivity contribution in [2.45, 2.75) is 50.4 Å². The number of aromatic nitrogens is 4. The largest absolute Gasteiger partial charge is 0.493 e. The molecule has 0 radical (unpaired) electrons. The average Bonchev–Trinajstić information content (AvgIpc) is 3.45. The fourth-order valence-electron chi connectivity index (χ4n) is 4.94. The molecule has 0 saturated carbocycles. The molecule has 1 aliphatic heterocycles. The molecular formula is C26H25F3N4O2. The zero-order chi connectivity index (χ0) is 24.8. The van der Waals surface area contributed by atoms with Gasteiger partial charge in [-0.05, 0) is 53.3 Å². The van der Waals surface area contributed by atoms with E-state index in [9.17, 15) is 18.3 Å². The summed E-state index contributed by atoms with van der Waals surface area (Å²) in [6, 6.07) is 8.79. The van der Waals surface area contributed by atoms with Gasteiger partial charge >= 0.3 is 6.18 Å². The minimum Gasteiger partial charge on any atom is -0.493 e. The summed E-state index contributed by atoms with van der Waals surface area (Å²) >= 11 is 0. The number of halogens is 3. The van der Waals surface area contributed by atoms with Gasteiger partial charge < -0.3 is 14.4 Å². The predicted molar refractivity (Wildman–Crippen MR) is 125 cm³/mol. The summed E-state index contributed by atoms with van der Waals surface area (Å²) < 4.78 is 50.6. The van der Waals surface area contributed by atoms with E-state index in [1.807, 2.05) is 12.1 Å². The van der Waals surface area contributed by atoms with Gasteiger partial charge in [0.1, 0.15) is 12.1 Å². The van der Waals surface area contributed by atoms with Crippen LogP contribution in [0.25, 0.3) is 22.2 Å². The summed E-state index contributed by atoms with van der Waals surface area (Å²) in [5.41, 5.74) is 0.137. The second kappa shape index (κ2) is 8.34. The van der Waals surface area contributed by atoms with E-state index in [1.54, 1.807) is 50.6 Å². The lowest BCUT2D eigenvalue weighted by Crippen LogP contribution is -2.52. The first-order chi connectivity index (χ1) is 16.6. The molecule has 35 heavy (non-hydrogen) atoms. The monoisotopic (exact) mass is 482 g/mol. The third kappa shape index (κ3) is 4.25. The molecule has 0 fully saturated rings. The predicted octanol–water partition coefficient (Wildman–Crippen LogP) is 5.09. The minimum absolute atomic E-state index is 0.457. The number of benzene rings is 1. The first kappa shape index (κ1) is 23.3. The molecule has 6 nitrogen and oxygen atoms in total. The Kier molecular flexibility index (Phi) is 5.55. The molecule has 182 valence electrons. The van der Waals surface area contributed by atoms with Crippen LogP contribution in [0.5, 0.6) is 5.75 Å². The number of fused-ring (bicyclic) bond motifs is 2. The van der Waals surface area contributed by atoms with E-state index in [1.165, 1.54) is 17.1 Å². The lowest BCUT2D eigenvalue weighted by Gasteiger charge is -2.39. The van der Waals surface area contributed by atoms with Crippen molar-refractivity contribution in [2.24, 2.45) is 0 Å². The van der Waals surface area contributed by atoms with Crippen molar-refractivity contribution < 1.29 is 23.0 Å². The Labute approximate surface area is 200 Å². The maximum atomic E-state index is 14.4. The van der Waals surface area contributed by atoms with Crippen molar-refractivity contribution in [3.63, 3.8) is 0 Å². The molecule has 0 bridgehead atoms. The minimum atomic E-state index is -4.86. The Hall–Kier alpha value is -3.46. The van der Waals surface area contributed by atoms with E-state index < -0.39 is 30.2 Å². The van der Waals surface area contributed by atoms with Crippen molar-refractivity contribution in [2.75, 3.05) is 6.61 Å². The van der Waals surface area contributed by atoms with Crippen LogP contribution < -0.4 is 4.74 Å². The first-order valence-corrected chi connectivity index (χ1v) is 11.3. The highest BCUT2D eigenvalue weighted by molar-refractivity contribution is 5.75. The van der Waals surface area contributed by atoms with E-state index >= 15 is 0 Å². The second-order valence-corrected chi connectivity index (χ2v) is 9.68. The van der Waals surface area contributed by atoms with Crippen molar-refractivity contribution in [1.82, 2.24) is 19.5 Å². The second-order valence-electron chi connectivity index (χ2n) is 9.68. The quantitative estimate of drug-likeness (QED) is 0.415. The molecule has 4 heterocycles. The van der Waals surface area contributed by atoms with E-state index in [-0.39, 0.29) is 0 Å². The van der Waals surface area contributed by atoms with Gasteiger partial charge in [-0.2, -0.15) is 13.2 Å². The van der Waals surface area contributed by atoms with Crippen LogP contribution in [0.4, 0.5) is 13.2 Å². The molecule has 0 saturated heterocycles. The SMILES string of the molecule is CC(C)(CC(O)(Cn1ccc2ncccc21)C(F)(F)F)c1cc(-c2cncnc2)cc2c1OCC2. The summed E-state index contributed by atoms with van der Waals surface area (Å²) in [5, 5.41) is 11.2. The molecule has 1 atom stereocenters. The molecule has 3 aromatic heterocycles. The number of aliphatic hydroxyl groups is 1. The average molecular weight is 483 g/mol. The van der Waals surface area contributed by atoms with E-state index in [4.69, 9.17) is 4.74 Å². The highest BCUT2D eigenvalue weighted by atomic mass is 19.4. The van der Waals surface area contributed by atoms with E-state index in [0.29, 0.717) is 35.4 Å². The molecular weight excluding hydrogens is 457 g/mol. The van der Waals surface area contributed by atoms with Crippen molar-refractivity contribution in [1.29, 1.82) is 0 Å². The number of rotatable bonds is 6. The van der Waals surface area contributed by atoms with Gasteiger partial charge in [-0.15, -0.1) is 0 Å². The van der Waals surface area contributed by atoms with Crippen molar-refractivity contribution in [3.8, 4) is 16.9 Å². The van der Waals surface area contributed by atoms with E-state index in [0.717, 1.165) is 16.7 Å². The molecule has 5 rings (SSSR count). The van der Waals surface area contributed by atoms with Crippen molar-refractivity contribution in [3.05, 3.63) is 72.6 Å². The molecule has 1 aliphatic rings. The van der Waals surface area contributed by atoms with Gasteiger partial charge in [0.2, 0.25) is 0 Å². The van der Waals surface area contributed by atoms with Crippen LogP contribution in [-0.2, 0) is 18.4 Å². The zero-order valence-electron chi connectivity index (χ0n) is 19.4. The highest BCUT2D eigenvalue weighted by Gasteiger charge is 2.56. The summed E-state index contributed by atoms with van der Waals surface area (Å²) in [6.07, 6.45) is 3.10. The van der Waals surface area contributed by atoms with Crippen LogP contribution in [0.3, 0.4) is 0 Å². The lowest BCUT2D eigenvalue weighted by molar-refractivity contribution is -0.271. The number of alkyl halides is 3. The van der Waals surface area contributed by atoms with Gasteiger partial charge in [0, 0.05) is 42.3 Å². The molecule has 1 unspecified atom stereocenters. The third-order valence-electron chi connectivity index (χ3n) is 6.64. The van der Waals surface area contributed by atoms with E-state index in [2.05, 4.69) is 15.0 Å². The Morgan fingerprint density at radius 3 is 2.60 bits per heavy atom. The number of nitrogens with zero attached hydrogens (tertiary/aromatic N) is 4. The summed E-state index contributed by atoms with van der Waals surface area (Å²) in [7, 11) is 0. The zero-order valence-corrected chi connectivity index (χ0v) is 19.4. The molecule has 0 aliphatic carbocycles. The van der Waals surface area contributed by atoms with Gasteiger partial charge in [0.15, 0.2) is 5.60 Å². The van der Waals surface area contributed by atoms with Crippen LogP contribution in [0.15, 0.2) is 61.4 Å². The summed E-state index contributed by atoms with van der Waals surface area (Å²) in [5.74, 6) is 0.593. The molecule has 9 heteroatoms. The van der Waals surface area contributed by atoms with Gasteiger partial charge in [-0.1, -0.05) is 13.8 Å². The maximum absolute atomic E-state index is 14.4. The molecule has 1 N–H and O–H groups in total. The van der Waals surface area contributed by atoms with Gasteiger partial charge in [-0.25, -0.2) is 9.97 Å². The molecule has 4 aromatic rings. The number of hydrogen-bond acceptors (Lipinski definition) is 5. The summed E-state index contributed by atoms with van der Waals surface area (Å²) in [4.78, 5) is 12.3. The van der Waals surface area contributed by atoms with Gasteiger partial charge in [0.25, 0.3) is 0 Å². The standard InChI is InChI=1S/C26H25F3N4O2/c1-24(2,20-11-18(19-12-30-16-31-13-19)10-17-6-9-35-23(17)20)14-25(34,26(27,28)29)15-33-8-5-21-22(33)4-3-7-32-21/h3-5,7-8,10-13,16,34H,6,9,14-15H2,1-2H3. The first-order valence-electron chi connectivity index (χ1n) is 11.3. The smallest absolute Gasteiger partial charge is 0.418 e. The van der Waals surface area contributed by atoms with Crippen molar-refractivity contribution >= 4 is 11.0 Å². The van der Waals surface area contributed by atoms with Crippen LogP contribution >= 0.6 is 0 Å². The van der Waals surface area contributed by atoms with Gasteiger partial charge in [-0.3, -0.25) is 4.98 Å². The fraction of sp³-hybridized carbons (Fsp3) is 0.346. The topological polar surface area (TPSA) is 73.1 Å². The normalized spacial score (nSPS) is 15.6. The Morgan fingerprint density at radius 2 is 1.86 bits per heavy atom. The lowest BCUT2D eigenvalue weighted by atomic mass is 9.73. The maximum Gasteiger partial charge on any atom is 0.418 e. The van der Waals surface area contributed by atoms with Crippen LogP contribution in [0, 0.1) is 0 Å². The van der Waals surface area contributed by atoms with Crippen LogP contribution in [-0.4, -0.2) is 43.0 Å². The Bertz CT molecular complexity index is 1370. The number of hydrogen-bond donors (Lipinski definition) is 1. The molecule has 1 aromatic carbocycles. The van der Waals surface area contributed by atoms with Gasteiger partial charge in [0.05, 0.1) is 24.2 Å².